The highest BCUT2D eigenvalue weighted by Gasteiger charge is 2.34. The monoisotopic (exact) mass is 492 g/mol. The number of anilines is 2. The Morgan fingerprint density at radius 3 is 2.22 bits per heavy atom. The molecule has 1 aliphatic heterocycles. The van der Waals surface area contributed by atoms with Gasteiger partial charge in [0.2, 0.25) is 11.8 Å². The maximum Gasteiger partial charge on any atom is 0.238 e. The molecule has 4 aromatic carbocycles. The first kappa shape index (κ1) is 23.9. The van der Waals surface area contributed by atoms with Crippen LogP contribution in [0.4, 0.5) is 11.4 Å². The highest BCUT2D eigenvalue weighted by Crippen LogP contribution is 2.42. The molecule has 0 bridgehead atoms. The van der Waals surface area contributed by atoms with Gasteiger partial charge in [-0.25, -0.2) is 0 Å². The lowest BCUT2D eigenvalue weighted by Crippen LogP contribution is -2.28. The van der Waals surface area contributed by atoms with Gasteiger partial charge in [0.05, 0.1) is 11.7 Å². The number of aryl methyl sites for hydroxylation is 1. The molecule has 0 aliphatic carbocycles. The predicted molar refractivity (Wildman–Crippen MR) is 148 cm³/mol. The lowest BCUT2D eigenvalue weighted by atomic mass is 9.90. The summed E-state index contributed by atoms with van der Waals surface area (Å²) in [6.07, 6.45) is 0.916. The van der Waals surface area contributed by atoms with Gasteiger partial charge in [-0.1, -0.05) is 91.9 Å². The molecule has 0 aromatic heterocycles. The molecule has 1 aliphatic rings. The standard InChI is InChI=1S/C31H28N2O2S/c1-2-22-11-9-18-27(19-22)33-28(34)21-36-31(33)25-16-10-17-26(20-25)32-30(35)29(23-12-5-3-6-13-23)24-14-7-4-8-15-24/h3-20,29,31H,2,21H2,1H3,(H,32,35). The Labute approximate surface area is 216 Å². The Morgan fingerprint density at radius 1 is 0.889 bits per heavy atom. The zero-order valence-electron chi connectivity index (χ0n) is 20.1. The van der Waals surface area contributed by atoms with Gasteiger partial charge in [0, 0.05) is 11.4 Å². The summed E-state index contributed by atoms with van der Waals surface area (Å²) < 4.78 is 0. The average molecular weight is 493 g/mol. The second kappa shape index (κ2) is 10.8. The van der Waals surface area contributed by atoms with Gasteiger partial charge in [-0.2, -0.15) is 0 Å². The second-order valence-electron chi connectivity index (χ2n) is 8.82. The fraction of sp³-hybridized carbons (Fsp3) is 0.161. The van der Waals surface area contributed by atoms with E-state index >= 15 is 0 Å². The second-order valence-corrected chi connectivity index (χ2v) is 9.89. The van der Waals surface area contributed by atoms with Crippen molar-refractivity contribution in [2.45, 2.75) is 24.6 Å². The molecule has 4 aromatic rings. The van der Waals surface area contributed by atoms with E-state index in [1.165, 1.54) is 5.56 Å². The van der Waals surface area contributed by atoms with Crippen molar-refractivity contribution in [3.8, 4) is 0 Å². The summed E-state index contributed by atoms with van der Waals surface area (Å²) in [4.78, 5) is 28.3. The van der Waals surface area contributed by atoms with E-state index in [2.05, 4.69) is 24.4 Å². The summed E-state index contributed by atoms with van der Waals surface area (Å²) in [5, 5.41) is 3.00. The normalized spacial score (nSPS) is 15.3. The Balaban J connectivity index is 1.42. The number of hydrogen-bond donors (Lipinski definition) is 1. The zero-order chi connectivity index (χ0) is 24.9. The Morgan fingerprint density at radius 2 is 1.56 bits per heavy atom. The van der Waals surface area contributed by atoms with Crippen LogP contribution in [-0.4, -0.2) is 17.6 Å². The van der Waals surface area contributed by atoms with Crippen molar-refractivity contribution in [2.75, 3.05) is 16.0 Å². The van der Waals surface area contributed by atoms with Crippen molar-refractivity contribution in [3.05, 3.63) is 131 Å². The number of carbonyl (C=O) groups is 2. The molecule has 0 saturated carbocycles. The number of nitrogens with one attached hydrogen (secondary N) is 1. The van der Waals surface area contributed by atoms with E-state index in [0.717, 1.165) is 34.5 Å². The third-order valence-corrected chi connectivity index (χ3v) is 7.64. The number of rotatable bonds is 7. The van der Waals surface area contributed by atoms with Crippen molar-refractivity contribution < 1.29 is 9.59 Å². The van der Waals surface area contributed by atoms with Crippen LogP contribution in [0.25, 0.3) is 0 Å². The number of thioether (sulfide) groups is 1. The number of carbonyl (C=O) groups excluding carboxylic acids is 2. The van der Waals surface area contributed by atoms with Crippen LogP contribution in [0, 0.1) is 0 Å². The molecular weight excluding hydrogens is 464 g/mol. The maximum atomic E-state index is 13.6. The number of nitrogens with zero attached hydrogens (tertiary/aromatic N) is 1. The Hall–Kier alpha value is -3.83. The van der Waals surface area contributed by atoms with Gasteiger partial charge in [-0.05, 0) is 52.9 Å². The third kappa shape index (κ3) is 5.07. The average Bonchev–Trinajstić information content (AvgIpc) is 3.31. The fourth-order valence-corrected chi connectivity index (χ4v) is 5.81. The smallest absolute Gasteiger partial charge is 0.238 e. The van der Waals surface area contributed by atoms with Gasteiger partial charge in [-0.3, -0.25) is 14.5 Å². The molecular formula is C31H28N2O2S. The number of benzene rings is 4. The van der Waals surface area contributed by atoms with Gasteiger partial charge < -0.3 is 5.32 Å². The van der Waals surface area contributed by atoms with Gasteiger partial charge in [0.1, 0.15) is 5.37 Å². The Bertz CT molecular complexity index is 1320. The molecule has 0 radical (unpaired) electrons. The maximum absolute atomic E-state index is 13.6. The highest BCUT2D eigenvalue weighted by atomic mass is 32.2. The SMILES string of the molecule is CCc1cccc(N2C(=O)CSC2c2cccc(NC(=O)C(c3ccccc3)c3ccccc3)c2)c1. The molecule has 0 spiro atoms. The number of amides is 2. The first-order chi connectivity index (χ1) is 17.6. The van der Waals surface area contributed by atoms with Gasteiger partial charge in [-0.15, -0.1) is 11.8 Å². The summed E-state index contributed by atoms with van der Waals surface area (Å²) in [5.74, 6) is 0.0155. The third-order valence-electron chi connectivity index (χ3n) is 6.43. The van der Waals surface area contributed by atoms with Crippen molar-refractivity contribution in [1.29, 1.82) is 0 Å². The molecule has 1 fully saturated rings. The molecule has 1 atom stereocenters. The predicted octanol–water partition coefficient (Wildman–Crippen LogP) is 6.80. The molecule has 5 heteroatoms. The van der Waals surface area contributed by atoms with E-state index in [0.29, 0.717) is 5.75 Å². The molecule has 2 amide bonds. The van der Waals surface area contributed by atoms with Crippen LogP contribution in [0.1, 0.15) is 40.5 Å². The lowest BCUT2D eigenvalue weighted by Gasteiger charge is -2.25. The molecule has 1 N–H and O–H groups in total. The Kier molecular flexibility index (Phi) is 7.19. The van der Waals surface area contributed by atoms with Crippen molar-refractivity contribution >= 4 is 35.0 Å². The molecule has 36 heavy (non-hydrogen) atoms. The van der Waals surface area contributed by atoms with Crippen molar-refractivity contribution in [3.63, 3.8) is 0 Å². The molecule has 5 rings (SSSR count). The molecule has 1 unspecified atom stereocenters. The van der Waals surface area contributed by atoms with Crippen LogP contribution in [-0.2, 0) is 16.0 Å². The van der Waals surface area contributed by atoms with E-state index in [1.807, 2.05) is 102 Å². The van der Waals surface area contributed by atoms with Crippen LogP contribution in [0.5, 0.6) is 0 Å². The summed E-state index contributed by atoms with van der Waals surface area (Å²) in [6.45, 7) is 2.11. The highest BCUT2D eigenvalue weighted by molar-refractivity contribution is 8.00. The summed E-state index contributed by atoms with van der Waals surface area (Å²) in [5.41, 5.74) is 5.70. The minimum atomic E-state index is -0.424. The zero-order valence-corrected chi connectivity index (χ0v) is 20.9. The molecule has 180 valence electrons. The first-order valence-electron chi connectivity index (χ1n) is 12.2. The van der Waals surface area contributed by atoms with Gasteiger partial charge >= 0.3 is 0 Å². The largest absolute Gasteiger partial charge is 0.325 e. The van der Waals surface area contributed by atoms with Crippen LogP contribution in [0.3, 0.4) is 0 Å². The first-order valence-corrected chi connectivity index (χ1v) is 13.2. The van der Waals surface area contributed by atoms with Crippen LogP contribution < -0.4 is 10.2 Å². The quantitative estimate of drug-likeness (QED) is 0.309. The van der Waals surface area contributed by atoms with Crippen molar-refractivity contribution in [1.82, 2.24) is 0 Å². The minimum Gasteiger partial charge on any atom is -0.325 e. The van der Waals surface area contributed by atoms with E-state index in [9.17, 15) is 9.59 Å². The fourth-order valence-electron chi connectivity index (χ4n) is 4.65. The molecule has 4 nitrogen and oxygen atoms in total. The van der Waals surface area contributed by atoms with Crippen molar-refractivity contribution in [2.24, 2.45) is 0 Å². The van der Waals surface area contributed by atoms with E-state index in [4.69, 9.17) is 0 Å². The topological polar surface area (TPSA) is 49.4 Å². The minimum absolute atomic E-state index is 0.0906. The number of hydrogen-bond acceptors (Lipinski definition) is 3. The van der Waals surface area contributed by atoms with Crippen LogP contribution in [0.15, 0.2) is 109 Å². The molecule has 1 heterocycles. The van der Waals surface area contributed by atoms with Crippen LogP contribution >= 0.6 is 11.8 Å². The summed E-state index contributed by atoms with van der Waals surface area (Å²) in [7, 11) is 0. The molecule has 1 saturated heterocycles. The van der Waals surface area contributed by atoms with Gasteiger partial charge in [0.25, 0.3) is 0 Å². The van der Waals surface area contributed by atoms with E-state index in [1.54, 1.807) is 11.8 Å². The van der Waals surface area contributed by atoms with E-state index < -0.39 is 5.92 Å². The summed E-state index contributed by atoms with van der Waals surface area (Å²) >= 11 is 1.61. The van der Waals surface area contributed by atoms with Gasteiger partial charge in [0.15, 0.2) is 0 Å². The van der Waals surface area contributed by atoms with E-state index in [-0.39, 0.29) is 17.2 Å². The lowest BCUT2D eigenvalue weighted by molar-refractivity contribution is -0.117. The summed E-state index contributed by atoms with van der Waals surface area (Å²) in [6, 6.07) is 35.7. The van der Waals surface area contributed by atoms with Crippen LogP contribution in [0.2, 0.25) is 0 Å².